The molecule has 7 nitrogen and oxygen atoms in total. The number of amides is 1. The molecule has 2 aromatic heterocycles. The van der Waals surface area contributed by atoms with E-state index in [9.17, 15) is 4.79 Å². The lowest BCUT2D eigenvalue weighted by atomic mass is 10.1. The summed E-state index contributed by atoms with van der Waals surface area (Å²) in [6, 6.07) is 3.65. The number of aromatic nitrogens is 3. The summed E-state index contributed by atoms with van der Waals surface area (Å²) in [6.07, 6.45) is 5.26. The van der Waals surface area contributed by atoms with E-state index in [0.29, 0.717) is 12.2 Å². The smallest absolute Gasteiger partial charge is 0.255 e. The van der Waals surface area contributed by atoms with Gasteiger partial charge in [-0.25, -0.2) is 0 Å². The first kappa shape index (κ1) is 18.1. The summed E-state index contributed by atoms with van der Waals surface area (Å²) >= 11 is 0. The van der Waals surface area contributed by atoms with Crippen molar-refractivity contribution < 1.29 is 9.53 Å². The first-order valence-electron chi connectivity index (χ1n) is 9.83. The fourth-order valence-corrected chi connectivity index (χ4v) is 3.98. The summed E-state index contributed by atoms with van der Waals surface area (Å²) in [5, 5.41) is 4.84. The minimum absolute atomic E-state index is 0.0750. The molecule has 0 radical (unpaired) electrons. The zero-order chi connectivity index (χ0) is 18.6. The lowest BCUT2D eigenvalue weighted by Gasteiger charge is -2.22. The van der Waals surface area contributed by atoms with Crippen molar-refractivity contribution in [1.82, 2.24) is 24.6 Å². The largest absolute Gasteiger partial charge is 0.376 e. The maximum atomic E-state index is 12.7. The number of hydrogen-bond donors (Lipinski definition) is 0. The molecule has 1 amide bonds. The average Bonchev–Trinajstić information content (AvgIpc) is 2.90. The van der Waals surface area contributed by atoms with Gasteiger partial charge in [-0.05, 0) is 25.5 Å². The maximum absolute atomic E-state index is 12.7. The molecular weight excluding hydrogens is 342 g/mol. The van der Waals surface area contributed by atoms with Crippen LogP contribution in [0.5, 0.6) is 0 Å². The Kier molecular flexibility index (Phi) is 5.50. The second-order valence-electron chi connectivity index (χ2n) is 7.15. The van der Waals surface area contributed by atoms with Crippen molar-refractivity contribution in [2.75, 3.05) is 32.8 Å². The van der Waals surface area contributed by atoms with Crippen LogP contribution in [0.1, 0.15) is 40.7 Å². The van der Waals surface area contributed by atoms with Crippen molar-refractivity contribution >= 4 is 5.91 Å². The van der Waals surface area contributed by atoms with E-state index in [1.165, 1.54) is 11.3 Å². The van der Waals surface area contributed by atoms with Crippen LogP contribution in [0.4, 0.5) is 0 Å². The number of hydrogen-bond acceptors (Lipinski definition) is 5. The van der Waals surface area contributed by atoms with E-state index in [1.54, 1.807) is 12.4 Å². The van der Waals surface area contributed by atoms with Gasteiger partial charge in [0, 0.05) is 69.3 Å². The summed E-state index contributed by atoms with van der Waals surface area (Å²) in [4.78, 5) is 21.1. The highest BCUT2D eigenvalue weighted by molar-refractivity contribution is 5.93. The summed E-state index contributed by atoms with van der Waals surface area (Å²) in [7, 11) is 0. The molecule has 0 bridgehead atoms. The number of carbonyl (C=O) groups excluding carboxylic acids is 1. The molecule has 0 spiro atoms. The van der Waals surface area contributed by atoms with E-state index in [1.807, 2.05) is 17.0 Å². The van der Waals surface area contributed by atoms with Crippen molar-refractivity contribution in [1.29, 1.82) is 0 Å². The van der Waals surface area contributed by atoms with Gasteiger partial charge in [0.2, 0.25) is 0 Å². The number of nitrogens with zero attached hydrogens (tertiary/aromatic N) is 5. The van der Waals surface area contributed by atoms with Crippen LogP contribution in [-0.2, 0) is 30.9 Å². The molecule has 1 fully saturated rings. The van der Waals surface area contributed by atoms with Crippen LogP contribution in [0.25, 0.3) is 0 Å². The number of rotatable bonds is 4. The Bertz CT molecular complexity index is 789. The van der Waals surface area contributed by atoms with Crippen LogP contribution in [0.15, 0.2) is 24.5 Å². The first-order chi connectivity index (χ1) is 13.3. The molecular formula is C20H27N5O2. The fourth-order valence-electron chi connectivity index (χ4n) is 3.98. The maximum Gasteiger partial charge on any atom is 0.255 e. The average molecular weight is 369 g/mol. The number of pyridine rings is 1. The molecule has 0 unspecified atom stereocenters. The lowest BCUT2D eigenvalue weighted by molar-refractivity contribution is 0.0760. The summed E-state index contributed by atoms with van der Waals surface area (Å²) in [6.45, 7) is 8.68. The molecule has 1 saturated heterocycles. The van der Waals surface area contributed by atoms with Gasteiger partial charge in [0.25, 0.3) is 5.91 Å². The molecule has 27 heavy (non-hydrogen) atoms. The van der Waals surface area contributed by atoms with Crippen LogP contribution in [0.2, 0.25) is 0 Å². The minimum Gasteiger partial charge on any atom is -0.376 e. The zero-order valence-corrected chi connectivity index (χ0v) is 15.9. The Labute approximate surface area is 159 Å². The van der Waals surface area contributed by atoms with Gasteiger partial charge in [0.1, 0.15) is 0 Å². The van der Waals surface area contributed by atoms with Crippen molar-refractivity contribution in [2.24, 2.45) is 0 Å². The molecule has 0 aromatic carbocycles. The Balaban J connectivity index is 1.42. The number of ether oxygens (including phenoxy) is 1. The molecule has 0 atom stereocenters. The Morgan fingerprint density at radius 2 is 2.19 bits per heavy atom. The molecule has 4 heterocycles. The summed E-state index contributed by atoms with van der Waals surface area (Å²) in [5.41, 5.74) is 4.41. The van der Waals surface area contributed by atoms with Crippen molar-refractivity contribution in [3.63, 3.8) is 0 Å². The second kappa shape index (κ2) is 8.19. The van der Waals surface area contributed by atoms with Crippen LogP contribution >= 0.6 is 0 Å². The van der Waals surface area contributed by atoms with Gasteiger partial charge >= 0.3 is 0 Å². The third-order valence-electron chi connectivity index (χ3n) is 5.44. The number of carbonyl (C=O) groups is 1. The van der Waals surface area contributed by atoms with Gasteiger partial charge in [-0.3, -0.25) is 19.4 Å². The Hall–Kier alpha value is -2.25. The zero-order valence-electron chi connectivity index (χ0n) is 15.9. The van der Waals surface area contributed by atoms with E-state index >= 15 is 0 Å². The Morgan fingerprint density at radius 1 is 1.26 bits per heavy atom. The topological polar surface area (TPSA) is 63.5 Å². The van der Waals surface area contributed by atoms with Gasteiger partial charge in [-0.1, -0.05) is 0 Å². The second-order valence-corrected chi connectivity index (χ2v) is 7.15. The number of aryl methyl sites for hydroxylation is 1. The van der Waals surface area contributed by atoms with Crippen molar-refractivity contribution in [3.8, 4) is 0 Å². The van der Waals surface area contributed by atoms with Gasteiger partial charge in [-0.15, -0.1) is 0 Å². The van der Waals surface area contributed by atoms with Crippen LogP contribution in [0.3, 0.4) is 0 Å². The van der Waals surface area contributed by atoms with Gasteiger partial charge in [-0.2, -0.15) is 5.10 Å². The van der Waals surface area contributed by atoms with E-state index in [-0.39, 0.29) is 5.91 Å². The number of fused-ring (bicyclic) bond motifs is 1. The van der Waals surface area contributed by atoms with E-state index in [0.717, 1.165) is 64.4 Å². The molecule has 0 aliphatic carbocycles. The standard InChI is InChI=1S/C20H27N5O2/c1-2-25-19-6-12-27-15-17(19)18(22-25)14-23-8-4-9-24(11-10-23)20(26)16-5-3-7-21-13-16/h3,5,7,13H,2,4,6,8-12,14-15H2,1H3. The van der Waals surface area contributed by atoms with Gasteiger partial charge in [0.15, 0.2) is 0 Å². The van der Waals surface area contributed by atoms with Gasteiger partial charge < -0.3 is 9.64 Å². The van der Waals surface area contributed by atoms with Crippen LogP contribution < -0.4 is 0 Å². The minimum atomic E-state index is 0.0750. The quantitative estimate of drug-likeness (QED) is 0.821. The molecule has 2 aromatic rings. The van der Waals surface area contributed by atoms with E-state index < -0.39 is 0 Å². The fraction of sp³-hybridized carbons (Fsp3) is 0.550. The molecule has 0 saturated carbocycles. The molecule has 0 N–H and O–H groups in total. The summed E-state index contributed by atoms with van der Waals surface area (Å²) in [5.74, 6) is 0.0750. The predicted molar refractivity (Wildman–Crippen MR) is 101 cm³/mol. The van der Waals surface area contributed by atoms with Crippen molar-refractivity contribution in [2.45, 2.75) is 39.5 Å². The SMILES string of the molecule is CCn1nc(CN2CCCN(C(=O)c3cccnc3)CC2)c2c1CCOC2. The van der Waals surface area contributed by atoms with Crippen molar-refractivity contribution in [3.05, 3.63) is 47.0 Å². The normalized spacial score (nSPS) is 18.2. The molecule has 7 heteroatoms. The Morgan fingerprint density at radius 3 is 3.00 bits per heavy atom. The lowest BCUT2D eigenvalue weighted by Crippen LogP contribution is -2.35. The molecule has 144 valence electrons. The van der Waals surface area contributed by atoms with Crippen LogP contribution in [-0.4, -0.2) is 63.3 Å². The molecule has 4 rings (SSSR count). The van der Waals surface area contributed by atoms with E-state index in [4.69, 9.17) is 9.84 Å². The third-order valence-corrected chi connectivity index (χ3v) is 5.44. The highest BCUT2D eigenvalue weighted by atomic mass is 16.5. The first-order valence-corrected chi connectivity index (χ1v) is 9.83. The van der Waals surface area contributed by atoms with Crippen LogP contribution in [0, 0.1) is 0 Å². The summed E-state index contributed by atoms with van der Waals surface area (Å²) < 4.78 is 7.80. The monoisotopic (exact) mass is 369 g/mol. The highest BCUT2D eigenvalue weighted by Crippen LogP contribution is 2.22. The molecule has 2 aliphatic rings. The highest BCUT2D eigenvalue weighted by Gasteiger charge is 2.24. The van der Waals surface area contributed by atoms with E-state index in [2.05, 4.69) is 21.5 Å². The predicted octanol–water partition coefficient (Wildman–Crippen LogP) is 1.72. The van der Waals surface area contributed by atoms with Gasteiger partial charge in [0.05, 0.1) is 24.5 Å². The molecule has 2 aliphatic heterocycles. The third kappa shape index (κ3) is 3.89.